The molecular weight excluding hydrogens is 703 g/mol. The molecule has 11 aromatic rings. The van der Waals surface area contributed by atoms with Gasteiger partial charge in [-0.25, -0.2) is 9.97 Å². The zero-order valence-electron chi connectivity index (χ0n) is 30.1. The minimum Gasteiger partial charge on any atom is -0.455 e. The molecule has 4 nitrogen and oxygen atoms in total. The number of benzene rings is 7. The second-order valence-corrected chi connectivity index (χ2v) is 15.1. The predicted octanol–water partition coefficient (Wildman–Crippen LogP) is 14.1. The summed E-state index contributed by atoms with van der Waals surface area (Å²) in [6.07, 6.45) is 3.69. The molecule has 0 aliphatic heterocycles. The molecule has 0 fully saturated rings. The molecule has 0 radical (unpaired) electrons. The van der Waals surface area contributed by atoms with Gasteiger partial charge in [0.05, 0.1) is 11.4 Å². The molecule has 0 amide bonds. The van der Waals surface area contributed by atoms with Crippen LogP contribution in [0.5, 0.6) is 0 Å². The third kappa shape index (κ3) is 5.56. The lowest BCUT2D eigenvalue weighted by Gasteiger charge is -2.12. The highest BCUT2D eigenvalue weighted by molar-refractivity contribution is 7.25. The van der Waals surface area contributed by atoms with E-state index in [4.69, 9.17) is 14.4 Å². The first-order valence-corrected chi connectivity index (χ1v) is 19.5. The molecule has 0 atom stereocenters. The molecule has 0 aliphatic rings. The van der Waals surface area contributed by atoms with Gasteiger partial charge in [0.25, 0.3) is 0 Å². The Morgan fingerprint density at radius 1 is 0.411 bits per heavy atom. The molecule has 0 saturated heterocycles. The number of furan rings is 1. The van der Waals surface area contributed by atoms with E-state index in [1.165, 1.54) is 20.2 Å². The highest BCUT2D eigenvalue weighted by atomic mass is 32.1. The SMILES string of the molecule is c1ccc(-c2cc(-c3ccc(-c4ccc5sc6ccccc6c5c4)c4oc5ccccc5c34)nc(-c3ccc(-c4ccc(-c5cccnc5)cc4)cc3)n2)cc1. The number of aromatic nitrogens is 3. The minimum atomic E-state index is 0.666. The Labute approximate surface area is 327 Å². The van der Waals surface area contributed by atoms with Crippen LogP contribution in [0.1, 0.15) is 0 Å². The van der Waals surface area contributed by atoms with E-state index in [1.54, 1.807) is 6.20 Å². The summed E-state index contributed by atoms with van der Waals surface area (Å²) in [6, 6.07) is 61.7. The van der Waals surface area contributed by atoms with E-state index in [2.05, 4.69) is 157 Å². The monoisotopic (exact) mass is 733 g/mol. The molecule has 0 bridgehead atoms. The van der Waals surface area contributed by atoms with Gasteiger partial charge in [0.15, 0.2) is 5.82 Å². The van der Waals surface area contributed by atoms with Gasteiger partial charge in [0, 0.05) is 65.6 Å². The van der Waals surface area contributed by atoms with E-state index in [1.807, 2.05) is 41.8 Å². The summed E-state index contributed by atoms with van der Waals surface area (Å²) in [7, 11) is 0. The van der Waals surface area contributed by atoms with Gasteiger partial charge in [-0.1, -0.05) is 133 Å². The average Bonchev–Trinajstić information content (AvgIpc) is 3.85. The molecular formula is C51H31N3OS. The van der Waals surface area contributed by atoms with Crippen molar-refractivity contribution in [1.82, 2.24) is 15.0 Å². The standard InChI is InChI=1S/C51H31N3OS/c1-2-9-35(10-3-1)44-30-45(54-51(53-44)36-22-20-33(21-23-36)32-16-18-34(19-17-32)38-11-8-28-52-31-38)41-26-25-39(50-49(41)42-13-4-6-14-46(42)55-50)37-24-27-48-43(29-37)40-12-5-7-15-47(40)56-48/h1-31H. The molecule has 0 aliphatic carbocycles. The van der Waals surface area contributed by atoms with Crippen LogP contribution in [0, 0.1) is 0 Å². The number of hydrogen-bond donors (Lipinski definition) is 0. The van der Waals surface area contributed by atoms with Crippen LogP contribution < -0.4 is 0 Å². The quantitative estimate of drug-likeness (QED) is 0.171. The molecule has 11 rings (SSSR count). The van der Waals surface area contributed by atoms with Gasteiger partial charge in [-0.2, -0.15) is 0 Å². The lowest BCUT2D eigenvalue weighted by atomic mass is 9.95. The predicted molar refractivity (Wildman–Crippen MR) is 233 cm³/mol. The summed E-state index contributed by atoms with van der Waals surface area (Å²) < 4.78 is 9.33. The average molecular weight is 734 g/mol. The van der Waals surface area contributed by atoms with Crippen molar-refractivity contribution in [1.29, 1.82) is 0 Å². The highest BCUT2D eigenvalue weighted by Crippen LogP contribution is 2.44. The molecule has 0 unspecified atom stereocenters. The molecule has 4 heterocycles. The molecule has 0 N–H and O–H groups in total. The van der Waals surface area contributed by atoms with Crippen molar-refractivity contribution in [2.45, 2.75) is 0 Å². The first kappa shape index (κ1) is 32.2. The van der Waals surface area contributed by atoms with Crippen molar-refractivity contribution in [3.8, 4) is 67.3 Å². The van der Waals surface area contributed by atoms with Crippen molar-refractivity contribution in [3.63, 3.8) is 0 Å². The number of pyridine rings is 1. The second kappa shape index (κ2) is 13.3. The van der Waals surface area contributed by atoms with Crippen molar-refractivity contribution < 1.29 is 4.42 Å². The first-order valence-electron chi connectivity index (χ1n) is 18.7. The Bertz CT molecular complexity index is 3220. The Hall–Kier alpha value is -7.21. The molecule has 0 spiro atoms. The summed E-state index contributed by atoms with van der Waals surface area (Å²) in [4.78, 5) is 14.7. The minimum absolute atomic E-state index is 0.666. The molecule has 7 aromatic carbocycles. The van der Waals surface area contributed by atoms with Gasteiger partial charge in [0.1, 0.15) is 11.2 Å². The van der Waals surface area contributed by atoms with E-state index in [-0.39, 0.29) is 0 Å². The van der Waals surface area contributed by atoms with E-state index >= 15 is 0 Å². The fraction of sp³-hybridized carbons (Fsp3) is 0. The van der Waals surface area contributed by atoms with E-state index in [0.717, 1.165) is 83.4 Å². The second-order valence-electron chi connectivity index (χ2n) is 14.0. The van der Waals surface area contributed by atoms with Crippen LogP contribution in [0.3, 0.4) is 0 Å². The zero-order chi connectivity index (χ0) is 37.0. The Balaban J connectivity index is 1.05. The first-order chi connectivity index (χ1) is 27.7. The van der Waals surface area contributed by atoms with Crippen LogP contribution in [0.15, 0.2) is 193 Å². The summed E-state index contributed by atoms with van der Waals surface area (Å²) in [5.41, 5.74) is 13.1. The largest absolute Gasteiger partial charge is 0.455 e. The number of nitrogens with zero attached hydrogens (tertiary/aromatic N) is 3. The summed E-state index contributed by atoms with van der Waals surface area (Å²) in [5, 5.41) is 4.64. The molecule has 262 valence electrons. The van der Waals surface area contributed by atoms with Gasteiger partial charge in [-0.05, 0) is 70.3 Å². The Morgan fingerprint density at radius 3 is 1.82 bits per heavy atom. The van der Waals surface area contributed by atoms with Gasteiger partial charge >= 0.3 is 0 Å². The zero-order valence-corrected chi connectivity index (χ0v) is 30.9. The van der Waals surface area contributed by atoms with E-state index in [9.17, 15) is 0 Å². The number of rotatable bonds is 6. The smallest absolute Gasteiger partial charge is 0.160 e. The number of para-hydroxylation sites is 1. The fourth-order valence-electron chi connectivity index (χ4n) is 7.83. The number of thiophene rings is 1. The van der Waals surface area contributed by atoms with E-state index < -0.39 is 0 Å². The molecule has 5 heteroatoms. The van der Waals surface area contributed by atoms with Crippen LogP contribution in [0.4, 0.5) is 0 Å². The van der Waals surface area contributed by atoms with Crippen LogP contribution >= 0.6 is 11.3 Å². The van der Waals surface area contributed by atoms with Crippen LogP contribution in [-0.2, 0) is 0 Å². The number of fused-ring (bicyclic) bond motifs is 6. The summed E-state index contributed by atoms with van der Waals surface area (Å²) >= 11 is 1.83. The lowest BCUT2D eigenvalue weighted by molar-refractivity contribution is 0.670. The summed E-state index contributed by atoms with van der Waals surface area (Å²) in [6.45, 7) is 0. The van der Waals surface area contributed by atoms with Crippen LogP contribution in [0.2, 0.25) is 0 Å². The van der Waals surface area contributed by atoms with Gasteiger partial charge in [-0.15, -0.1) is 11.3 Å². The van der Waals surface area contributed by atoms with Gasteiger partial charge < -0.3 is 4.42 Å². The Morgan fingerprint density at radius 2 is 1.04 bits per heavy atom. The molecule has 56 heavy (non-hydrogen) atoms. The molecule has 4 aromatic heterocycles. The third-order valence-corrected chi connectivity index (χ3v) is 11.8. The topological polar surface area (TPSA) is 51.8 Å². The maximum absolute atomic E-state index is 6.75. The maximum atomic E-state index is 6.75. The maximum Gasteiger partial charge on any atom is 0.160 e. The van der Waals surface area contributed by atoms with Crippen LogP contribution in [0.25, 0.3) is 109 Å². The van der Waals surface area contributed by atoms with Crippen LogP contribution in [-0.4, -0.2) is 15.0 Å². The van der Waals surface area contributed by atoms with E-state index in [0.29, 0.717) is 5.82 Å². The van der Waals surface area contributed by atoms with Crippen molar-refractivity contribution in [2.24, 2.45) is 0 Å². The molecule has 0 saturated carbocycles. The van der Waals surface area contributed by atoms with Crippen molar-refractivity contribution >= 4 is 53.4 Å². The van der Waals surface area contributed by atoms with Crippen molar-refractivity contribution in [3.05, 3.63) is 188 Å². The Kier molecular flexibility index (Phi) is 7.64. The van der Waals surface area contributed by atoms with Gasteiger partial charge in [-0.3, -0.25) is 4.98 Å². The number of hydrogen-bond acceptors (Lipinski definition) is 5. The summed E-state index contributed by atoms with van der Waals surface area (Å²) in [5.74, 6) is 0.666. The third-order valence-electron chi connectivity index (χ3n) is 10.6. The van der Waals surface area contributed by atoms with Gasteiger partial charge in [0.2, 0.25) is 0 Å². The van der Waals surface area contributed by atoms with Crippen molar-refractivity contribution in [2.75, 3.05) is 0 Å². The normalized spacial score (nSPS) is 11.6. The highest BCUT2D eigenvalue weighted by Gasteiger charge is 2.20. The fourth-order valence-corrected chi connectivity index (χ4v) is 8.92. The lowest BCUT2D eigenvalue weighted by Crippen LogP contribution is -1.96.